The van der Waals surface area contributed by atoms with Gasteiger partial charge in [0.05, 0.1) is 11.4 Å². The maximum absolute atomic E-state index is 12.0. The number of sulfonamides is 1. The molecule has 0 spiro atoms. The molecule has 2 aromatic rings. The van der Waals surface area contributed by atoms with E-state index < -0.39 is 10.0 Å². The van der Waals surface area contributed by atoms with Gasteiger partial charge in [-0.2, -0.15) is 0 Å². The van der Waals surface area contributed by atoms with Gasteiger partial charge in [-0.1, -0.05) is 30.3 Å². The number of hydrogen-bond donors (Lipinski definition) is 2. The largest absolute Gasteiger partial charge is 0.357 e. The number of nitrogens with one attached hydrogen (secondary N) is 2. The lowest BCUT2D eigenvalue weighted by Crippen LogP contribution is -2.40. The number of guanidine groups is 1. The molecule has 1 saturated heterocycles. The Morgan fingerprint density at radius 2 is 2.00 bits per heavy atom. The van der Waals surface area contributed by atoms with E-state index in [1.54, 1.807) is 18.2 Å². The first-order chi connectivity index (χ1) is 14.5. The lowest BCUT2D eigenvalue weighted by molar-refractivity contribution is 0.474. The van der Waals surface area contributed by atoms with Crippen LogP contribution in [0.1, 0.15) is 18.9 Å². The van der Waals surface area contributed by atoms with Crippen molar-refractivity contribution in [2.24, 2.45) is 10.9 Å². The summed E-state index contributed by atoms with van der Waals surface area (Å²) in [7, 11) is -2.03. The third kappa shape index (κ3) is 6.23. The van der Waals surface area contributed by atoms with Crippen molar-refractivity contribution in [1.82, 2.24) is 14.9 Å². The molecule has 1 aliphatic rings. The van der Waals surface area contributed by atoms with Crippen LogP contribution in [0.4, 0.5) is 0 Å². The highest BCUT2D eigenvalue weighted by atomic mass is 32.2. The highest BCUT2D eigenvalue weighted by Gasteiger charge is 2.25. The van der Waals surface area contributed by atoms with Gasteiger partial charge in [0, 0.05) is 30.3 Å². The SMILES string of the molecule is CCNC(=NCc1cccc(S(=O)(=O)NC)c1)N1CCC(CSc2ccccc2)C1. The highest BCUT2D eigenvalue weighted by Crippen LogP contribution is 2.26. The average Bonchev–Trinajstić information content (AvgIpc) is 3.25. The molecule has 6 nitrogen and oxygen atoms in total. The Kier molecular flexibility index (Phi) is 8.18. The topological polar surface area (TPSA) is 73.8 Å². The molecule has 162 valence electrons. The number of hydrogen-bond acceptors (Lipinski definition) is 4. The summed E-state index contributed by atoms with van der Waals surface area (Å²) in [5.74, 6) is 2.62. The van der Waals surface area contributed by atoms with E-state index in [0.717, 1.165) is 43.3 Å². The van der Waals surface area contributed by atoms with Crippen molar-refractivity contribution in [3.05, 3.63) is 60.2 Å². The molecule has 8 heteroatoms. The zero-order valence-corrected chi connectivity index (χ0v) is 19.2. The smallest absolute Gasteiger partial charge is 0.240 e. The summed E-state index contributed by atoms with van der Waals surface area (Å²) in [5.41, 5.74) is 0.872. The Labute approximate surface area is 184 Å². The number of benzene rings is 2. The molecule has 2 N–H and O–H groups in total. The van der Waals surface area contributed by atoms with E-state index in [4.69, 9.17) is 4.99 Å². The fourth-order valence-corrected chi connectivity index (χ4v) is 5.26. The van der Waals surface area contributed by atoms with Gasteiger partial charge in [-0.3, -0.25) is 0 Å². The molecule has 2 aromatic carbocycles. The second kappa shape index (κ2) is 10.8. The van der Waals surface area contributed by atoms with Crippen LogP contribution >= 0.6 is 11.8 Å². The number of likely N-dealkylation sites (tertiary alicyclic amines) is 1. The second-order valence-electron chi connectivity index (χ2n) is 7.25. The lowest BCUT2D eigenvalue weighted by atomic mass is 10.2. The Morgan fingerprint density at radius 3 is 2.73 bits per heavy atom. The van der Waals surface area contributed by atoms with Crippen LogP contribution < -0.4 is 10.0 Å². The Hall–Kier alpha value is -2.03. The summed E-state index contributed by atoms with van der Waals surface area (Å²) in [6.07, 6.45) is 1.15. The third-order valence-electron chi connectivity index (χ3n) is 5.04. The van der Waals surface area contributed by atoms with E-state index in [0.29, 0.717) is 12.5 Å². The number of rotatable bonds is 8. The molecular formula is C22H30N4O2S2. The van der Waals surface area contributed by atoms with Crippen LogP contribution in [0.5, 0.6) is 0 Å². The van der Waals surface area contributed by atoms with Crippen molar-refractivity contribution in [3.63, 3.8) is 0 Å². The van der Waals surface area contributed by atoms with Crippen LogP contribution in [0, 0.1) is 5.92 Å². The molecule has 0 bridgehead atoms. The highest BCUT2D eigenvalue weighted by molar-refractivity contribution is 7.99. The monoisotopic (exact) mass is 446 g/mol. The van der Waals surface area contributed by atoms with Gasteiger partial charge in [0.25, 0.3) is 0 Å². The van der Waals surface area contributed by atoms with E-state index in [1.165, 1.54) is 11.9 Å². The van der Waals surface area contributed by atoms with Gasteiger partial charge in [-0.25, -0.2) is 18.1 Å². The van der Waals surface area contributed by atoms with Crippen molar-refractivity contribution in [2.45, 2.75) is 29.7 Å². The van der Waals surface area contributed by atoms with Gasteiger partial charge in [0.1, 0.15) is 0 Å². The van der Waals surface area contributed by atoms with E-state index in [1.807, 2.05) is 23.9 Å². The quantitative estimate of drug-likeness (QED) is 0.370. The van der Waals surface area contributed by atoms with Crippen molar-refractivity contribution in [3.8, 4) is 0 Å². The molecule has 1 unspecified atom stereocenters. The minimum absolute atomic E-state index is 0.266. The molecule has 3 rings (SSSR count). The van der Waals surface area contributed by atoms with Gasteiger partial charge >= 0.3 is 0 Å². The third-order valence-corrected chi connectivity index (χ3v) is 7.69. The maximum atomic E-state index is 12.0. The summed E-state index contributed by atoms with van der Waals surface area (Å²) < 4.78 is 26.4. The van der Waals surface area contributed by atoms with Gasteiger partial charge < -0.3 is 10.2 Å². The fraction of sp³-hybridized carbons (Fsp3) is 0.409. The van der Waals surface area contributed by atoms with Crippen LogP contribution in [-0.4, -0.2) is 51.7 Å². The summed E-state index contributed by atoms with van der Waals surface area (Å²) in [5, 5.41) is 3.38. The van der Waals surface area contributed by atoms with Crippen molar-refractivity contribution >= 4 is 27.7 Å². The van der Waals surface area contributed by atoms with Crippen LogP contribution in [-0.2, 0) is 16.6 Å². The van der Waals surface area contributed by atoms with Gasteiger partial charge in [0.2, 0.25) is 10.0 Å². The molecule has 1 heterocycles. The van der Waals surface area contributed by atoms with Crippen molar-refractivity contribution in [1.29, 1.82) is 0 Å². The molecule has 0 aliphatic carbocycles. The summed E-state index contributed by atoms with van der Waals surface area (Å²) >= 11 is 1.91. The minimum Gasteiger partial charge on any atom is -0.357 e. The molecule has 30 heavy (non-hydrogen) atoms. The van der Waals surface area contributed by atoms with E-state index in [9.17, 15) is 8.42 Å². The molecule has 0 saturated carbocycles. The first kappa shape index (κ1) is 22.7. The predicted octanol–water partition coefficient (Wildman–Crippen LogP) is 3.17. The fourth-order valence-electron chi connectivity index (χ4n) is 3.41. The average molecular weight is 447 g/mol. The van der Waals surface area contributed by atoms with Crippen LogP contribution in [0.3, 0.4) is 0 Å². The maximum Gasteiger partial charge on any atom is 0.240 e. The van der Waals surface area contributed by atoms with Gasteiger partial charge in [-0.05, 0) is 56.1 Å². The summed E-state index contributed by atoms with van der Waals surface area (Å²) in [6, 6.07) is 17.5. The normalized spacial score (nSPS) is 17.3. The number of nitrogens with zero attached hydrogens (tertiary/aromatic N) is 2. The summed E-state index contributed by atoms with van der Waals surface area (Å²) in [4.78, 5) is 8.67. The predicted molar refractivity (Wildman–Crippen MR) is 124 cm³/mol. The van der Waals surface area contributed by atoms with E-state index in [-0.39, 0.29) is 4.90 Å². The number of thioether (sulfide) groups is 1. The van der Waals surface area contributed by atoms with E-state index >= 15 is 0 Å². The lowest BCUT2D eigenvalue weighted by Gasteiger charge is -2.21. The second-order valence-corrected chi connectivity index (χ2v) is 10.2. The minimum atomic E-state index is -3.45. The molecule has 0 radical (unpaired) electrons. The molecule has 0 amide bonds. The molecule has 1 aliphatic heterocycles. The first-order valence-electron chi connectivity index (χ1n) is 10.3. The number of aliphatic imine (C=N–C) groups is 1. The van der Waals surface area contributed by atoms with Crippen LogP contribution in [0.25, 0.3) is 0 Å². The Bertz CT molecular complexity index is 949. The standard InChI is InChI=1S/C22H30N4O2S2/c1-3-24-22(25-15-18-8-7-11-21(14-18)30(27,28)23-2)26-13-12-19(16-26)17-29-20-9-5-4-6-10-20/h4-11,14,19,23H,3,12-13,15-17H2,1-2H3,(H,24,25). The van der Waals surface area contributed by atoms with Crippen molar-refractivity contribution in [2.75, 3.05) is 32.4 Å². The van der Waals surface area contributed by atoms with Crippen LogP contribution in [0.15, 0.2) is 69.4 Å². The summed E-state index contributed by atoms with van der Waals surface area (Å²) in [6.45, 7) is 5.27. The molecule has 1 fully saturated rings. The molecular weight excluding hydrogens is 416 g/mol. The van der Waals surface area contributed by atoms with E-state index in [2.05, 4.69) is 46.1 Å². The zero-order valence-electron chi connectivity index (χ0n) is 17.5. The first-order valence-corrected chi connectivity index (χ1v) is 12.7. The Balaban J connectivity index is 1.61. The van der Waals surface area contributed by atoms with Crippen molar-refractivity contribution < 1.29 is 8.42 Å². The van der Waals surface area contributed by atoms with Gasteiger partial charge in [-0.15, -0.1) is 11.8 Å². The molecule has 0 aromatic heterocycles. The Morgan fingerprint density at radius 1 is 1.20 bits per heavy atom. The van der Waals surface area contributed by atoms with Gasteiger partial charge in [0.15, 0.2) is 5.96 Å². The zero-order chi connectivity index (χ0) is 21.4. The molecule has 1 atom stereocenters. The van der Waals surface area contributed by atoms with Crippen LogP contribution in [0.2, 0.25) is 0 Å².